The van der Waals surface area contributed by atoms with Gasteiger partial charge in [-0.1, -0.05) is 53.7 Å². The normalized spacial score (nSPS) is 15.0. The Morgan fingerprint density at radius 3 is 1.34 bits per heavy atom. The predicted octanol–water partition coefficient (Wildman–Crippen LogP) is 7.00. The predicted molar refractivity (Wildman–Crippen MR) is 125 cm³/mol. The minimum absolute atomic E-state index is 0.0188. The molecule has 157 valence electrons. The van der Waals surface area contributed by atoms with Gasteiger partial charge in [0.2, 0.25) is 0 Å². The molecule has 1 aliphatic rings. The molecule has 0 unspecified atom stereocenters. The molecule has 1 heterocycles. The second kappa shape index (κ2) is 7.19. The van der Waals surface area contributed by atoms with E-state index in [4.69, 9.17) is 8.85 Å². The second-order valence-electron chi connectivity index (χ2n) is 10.7. The highest BCUT2D eigenvalue weighted by Crippen LogP contribution is 2.44. The van der Waals surface area contributed by atoms with Crippen LogP contribution in [0.1, 0.15) is 86.1 Å². The SMILES string of the molecule is Cc1cc(C(C)(C)C)c2c(c1C)Cc1c(C)c(C)cc(C(C)(C)C)c1O[Si](C)O2. The van der Waals surface area contributed by atoms with Crippen LogP contribution >= 0.6 is 0 Å². The van der Waals surface area contributed by atoms with Gasteiger partial charge in [0.25, 0.3) is 0 Å². The summed E-state index contributed by atoms with van der Waals surface area (Å²) < 4.78 is 13.2. The van der Waals surface area contributed by atoms with Crippen molar-refractivity contribution in [1.29, 1.82) is 0 Å². The van der Waals surface area contributed by atoms with Crippen LogP contribution in [0.5, 0.6) is 11.5 Å². The van der Waals surface area contributed by atoms with E-state index in [-0.39, 0.29) is 10.8 Å². The van der Waals surface area contributed by atoms with Gasteiger partial charge in [-0.15, -0.1) is 0 Å². The molecule has 1 aliphatic heterocycles. The largest absolute Gasteiger partial charge is 0.528 e. The highest BCUT2D eigenvalue weighted by molar-refractivity contribution is 6.44. The van der Waals surface area contributed by atoms with Crippen molar-refractivity contribution in [3.8, 4) is 11.5 Å². The van der Waals surface area contributed by atoms with Crippen LogP contribution in [0.15, 0.2) is 12.1 Å². The molecule has 0 atom stereocenters. The van der Waals surface area contributed by atoms with Crippen LogP contribution in [-0.4, -0.2) is 9.28 Å². The van der Waals surface area contributed by atoms with Crippen LogP contribution in [0.2, 0.25) is 6.55 Å². The Balaban J connectivity index is 2.37. The fourth-order valence-corrected chi connectivity index (χ4v) is 5.26. The fourth-order valence-electron chi connectivity index (χ4n) is 4.18. The van der Waals surface area contributed by atoms with Crippen molar-refractivity contribution in [3.63, 3.8) is 0 Å². The lowest BCUT2D eigenvalue weighted by molar-refractivity contribution is 0.400. The zero-order valence-corrected chi connectivity index (χ0v) is 21.2. The van der Waals surface area contributed by atoms with E-state index in [2.05, 4.69) is 87.9 Å². The van der Waals surface area contributed by atoms with Crippen LogP contribution < -0.4 is 8.85 Å². The first-order chi connectivity index (χ1) is 13.2. The van der Waals surface area contributed by atoms with Crippen LogP contribution in [0.25, 0.3) is 0 Å². The number of benzene rings is 2. The van der Waals surface area contributed by atoms with Crippen LogP contribution in [0.4, 0.5) is 0 Å². The van der Waals surface area contributed by atoms with Gasteiger partial charge in [-0.2, -0.15) is 0 Å². The Morgan fingerprint density at radius 1 is 0.690 bits per heavy atom. The summed E-state index contributed by atoms with van der Waals surface area (Å²) in [6.45, 7) is 24.7. The van der Waals surface area contributed by atoms with Gasteiger partial charge in [-0.3, -0.25) is 0 Å². The molecule has 0 bridgehead atoms. The van der Waals surface area contributed by atoms with Gasteiger partial charge < -0.3 is 8.85 Å². The van der Waals surface area contributed by atoms with E-state index in [0.29, 0.717) is 0 Å². The lowest BCUT2D eigenvalue weighted by atomic mass is 9.79. The average Bonchev–Trinajstić information content (AvgIpc) is 2.55. The summed E-state index contributed by atoms with van der Waals surface area (Å²) in [7, 11) is -1.50. The van der Waals surface area contributed by atoms with Crippen molar-refractivity contribution in [3.05, 3.63) is 56.6 Å². The molecule has 0 saturated heterocycles. The van der Waals surface area contributed by atoms with Crippen molar-refractivity contribution in [1.82, 2.24) is 0 Å². The number of hydrogen-bond acceptors (Lipinski definition) is 2. The van der Waals surface area contributed by atoms with Crippen LogP contribution in [0, 0.1) is 27.7 Å². The Kier molecular flexibility index (Phi) is 5.44. The van der Waals surface area contributed by atoms with Crippen LogP contribution in [0.3, 0.4) is 0 Å². The second-order valence-corrected chi connectivity index (χ2v) is 12.1. The third kappa shape index (κ3) is 3.99. The summed E-state index contributed by atoms with van der Waals surface area (Å²) >= 11 is 0. The first-order valence-corrected chi connectivity index (χ1v) is 12.5. The van der Waals surface area contributed by atoms with E-state index in [0.717, 1.165) is 17.9 Å². The molecule has 0 aliphatic carbocycles. The molecule has 0 amide bonds. The minimum atomic E-state index is -1.50. The van der Waals surface area contributed by atoms with Gasteiger partial charge in [0.05, 0.1) is 0 Å². The molecule has 2 aromatic rings. The molecule has 0 spiro atoms. The van der Waals surface area contributed by atoms with E-state index >= 15 is 0 Å². The standard InChI is InChI=1S/C26H37O2Si/c1-15-12-21(25(5,6)7)23-19(17(15)3)14-20-18(4)16(2)13-22(26(8,9)10)24(20)28-29(11)27-23/h12-13H,14H2,1-11H3. The highest BCUT2D eigenvalue weighted by atomic mass is 28.3. The zero-order chi connectivity index (χ0) is 21.9. The highest BCUT2D eigenvalue weighted by Gasteiger charge is 2.33. The third-order valence-corrected chi connectivity index (χ3v) is 7.29. The summed E-state index contributed by atoms with van der Waals surface area (Å²) in [5.74, 6) is 2.11. The van der Waals surface area contributed by atoms with E-state index in [9.17, 15) is 0 Å². The lowest BCUT2D eigenvalue weighted by Crippen LogP contribution is -2.32. The van der Waals surface area contributed by atoms with Crippen molar-refractivity contribution in [2.24, 2.45) is 0 Å². The quantitative estimate of drug-likeness (QED) is 0.436. The summed E-state index contributed by atoms with van der Waals surface area (Å²) in [5, 5.41) is 0. The third-order valence-electron chi connectivity index (χ3n) is 6.31. The molecule has 1 radical (unpaired) electrons. The van der Waals surface area contributed by atoms with E-state index in [1.165, 1.54) is 44.5 Å². The molecule has 3 heteroatoms. The van der Waals surface area contributed by atoms with Gasteiger partial charge in [-0.25, -0.2) is 0 Å². The fraction of sp³-hybridized carbons (Fsp3) is 0.538. The molecule has 0 N–H and O–H groups in total. The maximum Gasteiger partial charge on any atom is 0.528 e. The molecular formula is C26H37O2Si. The first-order valence-electron chi connectivity index (χ1n) is 10.7. The number of hydrogen-bond donors (Lipinski definition) is 0. The van der Waals surface area contributed by atoms with Gasteiger partial charge in [0, 0.05) is 24.1 Å². The number of fused-ring (bicyclic) bond motifs is 2. The van der Waals surface area contributed by atoms with Gasteiger partial charge >= 0.3 is 9.28 Å². The maximum absolute atomic E-state index is 6.60. The molecule has 29 heavy (non-hydrogen) atoms. The van der Waals surface area contributed by atoms with Crippen molar-refractivity contribution in [2.75, 3.05) is 0 Å². The molecule has 2 aromatic carbocycles. The van der Waals surface area contributed by atoms with Gasteiger partial charge in [-0.05, 0) is 71.9 Å². The Labute approximate surface area is 179 Å². The summed E-state index contributed by atoms with van der Waals surface area (Å²) in [6.07, 6.45) is 0.854. The maximum atomic E-state index is 6.60. The molecular weight excluding hydrogens is 372 g/mol. The van der Waals surface area contributed by atoms with E-state index < -0.39 is 9.28 Å². The minimum Gasteiger partial charge on any atom is -0.510 e. The lowest BCUT2D eigenvalue weighted by Gasteiger charge is -2.34. The molecule has 3 rings (SSSR count). The van der Waals surface area contributed by atoms with Crippen molar-refractivity contribution < 1.29 is 8.85 Å². The van der Waals surface area contributed by atoms with E-state index in [1.54, 1.807) is 0 Å². The summed E-state index contributed by atoms with van der Waals surface area (Å²) in [4.78, 5) is 0. The summed E-state index contributed by atoms with van der Waals surface area (Å²) in [6, 6.07) is 4.63. The Hall–Kier alpha value is -1.74. The zero-order valence-electron chi connectivity index (χ0n) is 20.2. The summed E-state index contributed by atoms with van der Waals surface area (Å²) in [5.41, 5.74) is 10.6. The molecule has 0 fully saturated rings. The number of aryl methyl sites for hydroxylation is 2. The smallest absolute Gasteiger partial charge is 0.510 e. The molecule has 0 aromatic heterocycles. The Bertz CT molecular complexity index is 881. The molecule has 0 saturated carbocycles. The Morgan fingerprint density at radius 2 is 1.03 bits per heavy atom. The molecule has 2 nitrogen and oxygen atoms in total. The van der Waals surface area contributed by atoms with Crippen molar-refractivity contribution in [2.45, 2.75) is 93.0 Å². The van der Waals surface area contributed by atoms with Gasteiger partial charge in [0.15, 0.2) is 0 Å². The first kappa shape index (κ1) is 22.0. The monoisotopic (exact) mass is 409 g/mol. The average molecular weight is 410 g/mol. The topological polar surface area (TPSA) is 18.5 Å². The van der Waals surface area contributed by atoms with Crippen molar-refractivity contribution >= 4 is 9.28 Å². The van der Waals surface area contributed by atoms with E-state index in [1.807, 2.05) is 0 Å². The van der Waals surface area contributed by atoms with Gasteiger partial charge in [0.1, 0.15) is 11.5 Å². The van der Waals surface area contributed by atoms with Crippen LogP contribution in [-0.2, 0) is 17.3 Å². The number of rotatable bonds is 0.